The molecule has 0 atom stereocenters. The van der Waals surface area contributed by atoms with Crippen molar-refractivity contribution in [3.8, 4) is 0 Å². The van der Waals surface area contributed by atoms with Gasteiger partial charge in [-0.05, 0) is 73.8 Å². The summed E-state index contributed by atoms with van der Waals surface area (Å²) in [7, 11) is 0. The Hall–Kier alpha value is -1.11. The van der Waals surface area contributed by atoms with Crippen molar-refractivity contribution in [3.05, 3.63) is 35.4 Å². The van der Waals surface area contributed by atoms with Crippen LogP contribution in [0.1, 0.15) is 121 Å². The molecule has 1 nitrogen and oxygen atoms in total. The van der Waals surface area contributed by atoms with Crippen LogP contribution < -0.4 is 0 Å². The zero-order chi connectivity index (χ0) is 20.5. The predicted molar refractivity (Wildman–Crippen MR) is 124 cm³/mol. The Morgan fingerprint density at radius 2 is 1.55 bits per heavy atom. The van der Waals surface area contributed by atoms with Crippen LogP contribution in [0.15, 0.2) is 24.3 Å². The van der Waals surface area contributed by atoms with E-state index in [1.807, 2.05) is 0 Å². The zero-order valence-corrected chi connectivity index (χ0v) is 19.1. The lowest BCUT2D eigenvalue weighted by Crippen LogP contribution is -2.28. The van der Waals surface area contributed by atoms with E-state index in [2.05, 4.69) is 38.1 Å². The van der Waals surface area contributed by atoms with Crippen molar-refractivity contribution in [3.63, 3.8) is 0 Å². The number of hydrogen-bond donors (Lipinski definition) is 0. The monoisotopic (exact) mass is 396 g/mol. The maximum atomic E-state index is 11.8. The summed E-state index contributed by atoms with van der Waals surface area (Å²) in [6.07, 6.45) is 20.5. The first kappa shape index (κ1) is 22.6. The van der Waals surface area contributed by atoms with Crippen LogP contribution in [-0.4, -0.2) is 6.29 Å². The molecule has 0 bridgehead atoms. The summed E-state index contributed by atoms with van der Waals surface area (Å²) < 4.78 is 0. The normalized spacial score (nSPS) is 30.2. The topological polar surface area (TPSA) is 17.1 Å². The number of benzene rings is 1. The van der Waals surface area contributed by atoms with Crippen LogP contribution in [0, 0.1) is 17.3 Å². The molecule has 1 aromatic rings. The molecule has 2 aliphatic rings. The van der Waals surface area contributed by atoms with E-state index in [-0.39, 0.29) is 5.41 Å². The smallest absolute Gasteiger partial charge is 0.126 e. The second-order valence-corrected chi connectivity index (χ2v) is 10.3. The first-order valence-electron chi connectivity index (χ1n) is 12.7. The summed E-state index contributed by atoms with van der Waals surface area (Å²) in [4.78, 5) is 11.8. The fourth-order valence-electron chi connectivity index (χ4n) is 5.94. The number of carbonyl (C=O) groups excluding carboxylic acids is 1. The Kier molecular flexibility index (Phi) is 8.82. The lowest BCUT2D eigenvalue weighted by atomic mass is 9.67. The summed E-state index contributed by atoms with van der Waals surface area (Å²) in [6, 6.07) is 9.55. The van der Waals surface area contributed by atoms with Gasteiger partial charge in [-0.25, -0.2) is 0 Å². The van der Waals surface area contributed by atoms with Crippen LogP contribution in [0.3, 0.4) is 0 Å². The van der Waals surface area contributed by atoms with Gasteiger partial charge in [0.15, 0.2) is 0 Å². The first-order valence-corrected chi connectivity index (χ1v) is 12.7. The highest BCUT2D eigenvalue weighted by Gasteiger charge is 2.35. The Morgan fingerprint density at radius 3 is 2.14 bits per heavy atom. The Bertz CT molecular complexity index is 585. The summed E-state index contributed by atoms with van der Waals surface area (Å²) in [5.74, 6) is 2.62. The van der Waals surface area contributed by atoms with Crippen LogP contribution in [0.4, 0.5) is 0 Å². The van der Waals surface area contributed by atoms with E-state index in [1.165, 1.54) is 94.5 Å². The van der Waals surface area contributed by atoms with Crippen LogP contribution in [0.2, 0.25) is 0 Å². The first-order chi connectivity index (χ1) is 14.2. The molecular formula is C28H44O. The van der Waals surface area contributed by atoms with Gasteiger partial charge < -0.3 is 4.79 Å². The molecule has 3 rings (SSSR count). The van der Waals surface area contributed by atoms with E-state index in [9.17, 15) is 4.79 Å². The molecule has 0 amide bonds. The van der Waals surface area contributed by atoms with E-state index < -0.39 is 0 Å². The van der Waals surface area contributed by atoms with Gasteiger partial charge in [-0.1, -0.05) is 89.5 Å². The molecule has 2 fully saturated rings. The molecule has 0 spiro atoms. The van der Waals surface area contributed by atoms with Gasteiger partial charge in [-0.15, -0.1) is 0 Å². The van der Waals surface area contributed by atoms with Crippen LogP contribution >= 0.6 is 0 Å². The third-order valence-electron chi connectivity index (χ3n) is 8.35. The number of aryl methyl sites for hydroxylation is 1. The molecule has 1 heteroatoms. The molecule has 29 heavy (non-hydrogen) atoms. The second-order valence-electron chi connectivity index (χ2n) is 10.3. The van der Waals surface area contributed by atoms with Crippen LogP contribution in [0.25, 0.3) is 0 Å². The standard InChI is InChI=1S/C28H44O/c1-3-5-6-19-28(22-29)20-17-27(18-21-28)26-15-13-25(14-16-26)12-11-24-9-7-23(4-2)8-10-24/h13-16,22-24,27H,3-12,17-21H2,1-2H3. The highest BCUT2D eigenvalue weighted by atomic mass is 16.1. The minimum Gasteiger partial charge on any atom is -0.303 e. The highest BCUT2D eigenvalue weighted by molar-refractivity contribution is 5.59. The molecule has 2 saturated carbocycles. The Morgan fingerprint density at radius 1 is 0.897 bits per heavy atom. The molecule has 0 radical (unpaired) electrons. The highest BCUT2D eigenvalue weighted by Crippen LogP contribution is 2.45. The van der Waals surface area contributed by atoms with Crippen molar-refractivity contribution < 1.29 is 4.79 Å². The summed E-state index contributed by atoms with van der Waals surface area (Å²) in [5.41, 5.74) is 3.01. The summed E-state index contributed by atoms with van der Waals surface area (Å²) in [6.45, 7) is 4.59. The second kappa shape index (κ2) is 11.3. The van der Waals surface area contributed by atoms with Crippen molar-refractivity contribution in [2.45, 2.75) is 116 Å². The van der Waals surface area contributed by atoms with Crippen LogP contribution in [0.5, 0.6) is 0 Å². The van der Waals surface area contributed by atoms with Crippen molar-refractivity contribution in [1.82, 2.24) is 0 Å². The van der Waals surface area contributed by atoms with E-state index in [1.54, 1.807) is 0 Å². The van der Waals surface area contributed by atoms with E-state index in [4.69, 9.17) is 0 Å². The number of aldehydes is 1. The van der Waals surface area contributed by atoms with Crippen molar-refractivity contribution in [1.29, 1.82) is 0 Å². The van der Waals surface area contributed by atoms with Gasteiger partial charge in [0.25, 0.3) is 0 Å². The number of unbranched alkanes of at least 4 members (excludes halogenated alkanes) is 2. The van der Waals surface area contributed by atoms with E-state index >= 15 is 0 Å². The molecule has 1 aromatic carbocycles. The molecule has 162 valence electrons. The van der Waals surface area contributed by atoms with Crippen molar-refractivity contribution >= 4 is 6.29 Å². The van der Waals surface area contributed by atoms with Crippen LogP contribution in [-0.2, 0) is 11.2 Å². The maximum Gasteiger partial charge on any atom is 0.126 e. The molecule has 0 heterocycles. The molecule has 0 aromatic heterocycles. The average molecular weight is 397 g/mol. The number of rotatable bonds is 10. The average Bonchev–Trinajstić information content (AvgIpc) is 2.79. The molecular weight excluding hydrogens is 352 g/mol. The van der Waals surface area contributed by atoms with E-state index in [0.717, 1.165) is 31.1 Å². The third kappa shape index (κ3) is 6.43. The lowest BCUT2D eigenvalue weighted by Gasteiger charge is -2.36. The fraction of sp³-hybridized carbons (Fsp3) is 0.750. The number of hydrogen-bond acceptors (Lipinski definition) is 1. The van der Waals surface area contributed by atoms with Gasteiger partial charge in [0, 0.05) is 5.41 Å². The quantitative estimate of drug-likeness (QED) is 0.287. The SMILES string of the molecule is CCCCCC1(C=O)CCC(c2ccc(CCC3CCC(CC)CC3)cc2)CC1. The molecule has 0 N–H and O–H groups in total. The van der Waals surface area contributed by atoms with Gasteiger partial charge in [-0.3, -0.25) is 0 Å². The largest absolute Gasteiger partial charge is 0.303 e. The molecule has 2 aliphatic carbocycles. The Labute approximate surface area is 180 Å². The molecule has 0 aliphatic heterocycles. The van der Waals surface area contributed by atoms with Gasteiger partial charge in [0.05, 0.1) is 0 Å². The predicted octanol–water partition coefficient (Wildman–Crippen LogP) is 8.26. The number of carbonyl (C=O) groups is 1. The van der Waals surface area contributed by atoms with Gasteiger partial charge in [-0.2, -0.15) is 0 Å². The summed E-state index contributed by atoms with van der Waals surface area (Å²) >= 11 is 0. The van der Waals surface area contributed by atoms with Gasteiger partial charge in [0.1, 0.15) is 6.29 Å². The summed E-state index contributed by atoms with van der Waals surface area (Å²) in [5, 5.41) is 0. The fourth-order valence-corrected chi connectivity index (χ4v) is 5.94. The zero-order valence-electron chi connectivity index (χ0n) is 19.1. The minimum atomic E-state index is -0.0115. The van der Waals surface area contributed by atoms with Crippen molar-refractivity contribution in [2.24, 2.45) is 17.3 Å². The van der Waals surface area contributed by atoms with Crippen molar-refractivity contribution in [2.75, 3.05) is 0 Å². The maximum absolute atomic E-state index is 11.8. The van der Waals surface area contributed by atoms with E-state index in [0.29, 0.717) is 5.92 Å². The van der Waals surface area contributed by atoms with Gasteiger partial charge in [0.2, 0.25) is 0 Å². The minimum absolute atomic E-state index is 0.0115. The lowest BCUT2D eigenvalue weighted by molar-refractivity contribution is -0.118. The van der Waals surface area contributed by atoms with Gasteiger partial charge >= 0.3 is 0 Å². The third-order valence-corrected chi connectivity index (χ3v) is 8.35. The molecule has 0 saturated heterocycles. The Balaban J connectivity index is 1.44. The molecule has 0 unspecified atom stereocenters.